The predicted molar refractivity (Wildman–Crippen MR) is 119 cm³/mol. The molecule has 1 aromatic rings. The van der Waals surface area contributed by atoms with E-state index in [0.29, 0.717) is 17.1 Å². The largest absolute Gasteiger partial charge is 0.352 e. The zero-order valence-electron chi connectivity index (χ0n) is 15.4. The SMILES string of the molecule is CCCCNC(=O)c1ccc2c3c(c(-c4ccc(Cl)cc4)c-2nc1)SC=CS3. The molecule has 1 N–H and O–H groups in total. The molecule has 28 heavy (non-hydrogen) atoms. The second-order valence-corrected chi connectivity index (χ2v) is 8.74. The van der Waals surface area contributed by atoms with Crippen LogP contribution in [-0.2, 0) is 0 Å². The summed E-state index contributed by atoms with van der Waals surface area (Å²) in [4.78, 5) is 19.6. The standard InChI is InChI=1S/C22H19ClN2OS2/c1-2-3-10-24-22(26)15-6-9-17-19(25-13-15)18(14-4-7-16(23)8-5-14)21-20(17)27-11-12-28-21/h4-9,11-13H,2-3,10H2,1H3,(H,24,26). The lowest BCUT2D eigenvalue weighted by Crippen LogP contribution is -2.24. The first-order valence-electron chi connectivity index (χ1n) is 9.17. The molecule has 2 heterocycles. The number of hydrogen-bond acceptors (Lipinski definition) is 4. The van der Waals surface area contributed by atoms with Gasteiger partial charge in [-0.3, -0.25) is 9.78 Å². The van der Waals surface area contributed by atoms with E-state index in [1.54, 1.807) is 29.7 Å². The highest BCUT2D eigenvalue weighted by Gasteiger charge is 2.26. The fourth-order valence-electron chi connectivity index (χ4n) is 3.15. The fraction of sp³-hybridized carbons (Fsp3) is 0.182. The van der Waals surface area contributed by atoms with Gasteiger partial charge in [0.1, 0.15) is 0 Å². The summed E-state index contributed by atoms with van der Waals surface area (Å²) in [5.74, 6) is -0.0811. The Morgan fingerprint density at radius 1 is 1.07 bits per heavy atom. The molecule has 0 radical (unpaired) electrons. The first kappa shape index (κ1) is 19.4. The summed E-state index contributed by atoms with van der Waals surface area (Å²) in [7, 11) is 0. The van der Waals surface area contributed by atoms with Crippen LogP contribution in [0.1, 0.15) is 30.1 Å². The average Bonchev–Trinajstić information content (AvgIpc) is 2.86. The molecule has 4 rings (SSSR count). The molecule has 0 saturated heterocycles. The topological polar surface area (TPSA) is 42.0 Å². The molecule has 3 aliphatic rings. The van der Waals surface area contributed by atoms with Crippen LogP contribution >= 0.6 is 35.1 Å². The monoisotopic (exact) mass is 426 g/mol. The van der Waals surface area contributed by atoms with Gasteiger partial charge in [-0.25, -0.2) is 0 Å². The highest BCUT2D eigenvalue weighted by Crippen LogP contribution is 2.53. The third kappa shape index (κ3) is 3.79. The molecule has 1 aliphatic carbocycles. The first-order valence-corrected chi connectivity index (χ1v) is 11.3. The smallest absolute Gasteiger partial charge is 0.252 e. The minimum absolute atomic E-state index is 0.0811. The third-order valence-electron chi connectivity index (χ3n) is 4.57. The van der Waals surface area contributed by atoms with Crippen molar-refractivity contribution in [2.45, 2.75) is 29.6 Å². The molecule has 6 heteroatoms. The van der Waals surface area contributed by atoms with Crippen LogP contribution in [0.5, 0.6) is 0 Å². The van der Waals surface area contributed by atoms with Crippen LogP contribution < -0.4 is 5.32 Å². The van der Waals surface area contributed by atoms with Gasteiger partial charge in [0.15, 0.2) is 0 Å². The number of halogens is 1. The fourth-order valence-corrected chi connectivity index (χ4v) is 5.33. The number of hydrogen-bond donors (Lipinski definition) is 1. The van der Waals surface area contributed by atoms with E-state index in [1.165, 1.54) is 9.79 Å². The lowest BCUT2D eigenvalue weighted by Gasteiger charge is -2.08. The number of rotatable bonds is 5. The van der Waals surface area contributed by atoms with E-state index < -0.39 is 0 Å². The van der Waals surface area contributed by atoms with Gasteiger partial charge < -0.3 is 5.32 Å². The Hall–Kier alpha value is -1.95. The molecule has 0 atom stereocenters. The minimum Gasteiger partial charge on any atom is -0.352 e. The molecular formula is C22H19ClN2OS2. The summed E-state index contributed by atoms with van der Waals surface area (Å²) in [6, 6.07) is 11.7. The molecule has 142 valence electrons. The maximum atomic E-state index is 12.5. The lowest BCUT2D eigenvalue weighted by molar-refractivity contribution is 0.0953. The molecular weight excluding hydrogens is 408 g/mol. The van der Waals surface area contributed by atoms with Crippen molar-refractivity contribution in [2.24, 2.45) is 0 Å². The predicted octanol–water partition coefficient (Wildman–Crippen LogP) is 6.71. The third-order valence-corrected chi connectivity index (χ3v) is 6.97. The van der Waals surface area contributed by atoms with E-state index in [1.807, 2.05) is 36.4 Å². The van der Waals surface area contributed by atoms with Crippen LogP contribution in [-0.4, -0.2) is 17.4 Å². The molecule has 0 unspecified atom stereocenters. The minimum atomic E-state index is -0.0811. The number of fused-ring (bicyclic) bond motifs is 3. The zero-order chi connectivity index (χ0) is 19.5. The van der Waals surface area contributed by atoms with Crippen molar-refractivity contribution < 1.29 is 4.79 Å². The number of aromatic nitrogens is 1. The van der Waals surface area contributed by atoms with Crippen LogP contribution in [0.4, 0.5) is 0 Å². The van der Waals surface area contributed by atoms with Crippen molar-refractivity contribution in [3.8, 4) is 22.4 Å². The molecule has 0 saturated carbocycles. The van der Waals surface area contributed by atoms with Gasteiger partial charge >= 0.3 is 0 Å². The van der Waals surface area contributed by atoms with Gasteiger partial charge in [-0.1, -0.05) is 66.7 Å². The van der Waals surface area contributed by atoms with Gasteiger partial charge in [-0.2, -0.15) is 0 Å². The van der Waals surface area contributed by atoms with Gasteiger partial charge in [0, 0.05) is 38.7 Å². The summed E-state index contributed by atoms with van der Waals surface area (Å²) in [6.07, 6.45) is 3.70. The highest BCUT2D eigenvalue weighted by molar-refractivity contribution is 8.08. The van der Waals surface area contributed by atoms with Crippen molar-refractivity contribution in [1.82, 2.24) is 10.3 Å². The summed E-state index contributed by atoms with van der Waals surface area (Å²) < 4.78 is 0. The Balaban J connectivity index is 1.81. The number of unbranched alkanes of at least 4 members (excludes halogenated alkanes) is 1. The molecule has 3 nitrogen and oxygen atoms in total. The van der Waals surface area contributed by atoms with Crippen LogP contribution in [0.25, 0.3) is 22.4 Å². The van der Waals surface area contributed by atoms with Crippen LogP contribution in [0.3, 0.4) is 0 Å². The zero-order valence-corrected chi connectivity index (χ0v) is 17.8. The second kappa shape index (κ2) is 8.60. The molecule has 2 aliphatic heterocycles. The van der Waals surface area contributed by atoms with E-state index >= 15 is 0 Å². The Bertz CT molecular complexity index is 1020. The number of amides is 1. The Kier molecular flexibility index (Phi) is 5.95. The highest BCUT2D eigenvalue weighted by atomic mass is 35.5. The Labute approximate surface area is 178 Å². The van der Waals surface area contributed by atoms with Gasteiger partial charge in [0.25, 0.3) is 5.91 Å². The van der Waals surface area contributed by atoms with Gasteiger partial charge in [0.05, 0.1) is 11.3 Å². The Morgan fingerprint density at radius 2 is 1.82 bits per heavy atom. The molecule has 1 amide bonds. The maximum absolute atomic E-state index is 12.5. The van der Waals surface area contributed by atoms with Crippen LogP contribution in [0, 0.1) is 0 Å². The number of nitrogens with zero attached hydrogens (tertiary/aromatic N) is 1. The normalized spacial score (nSPS) is 12.8. The lowest BCUT2D eigenvalue weighted by atomic mass is 10.1. The van der Waals surface area contributed by atoms with Gasteiger partial charge in [-0.15, -0.1) is 0 Å². The second-order valence-electron chi connectivity index (χ2n) is 6.47. The van der Waals surface area contributed by atoms with E-state index in [2.05, 4.69) is 23.1 Å². The van der Waals surface area contributed by atoms with Crippen molar-refractivity contribution in [3.63, 3.8) is 0 Å². The average molecular weight is 427 g/mol. The van der Waals surface area contributed by atoms with Crippen LogP contribution in [0.2, 0.25) is 5.02 Å². The number of carbonyl (C=O) groups is 1. The summed E-state index contributed by atoms with van der Waals surface area (Å²) in [5, 5.41) is 7.85. The number of thioether (sulfide) groups is 2. The van der Waals surface area contributed by atoms with E-state index in [-0.39, 0.29) is 5.91 Å². The van der Waals surface area contributed by atoms with E-state index in [9.17, 15) is 4.79 Å². The molecule has 0 fully saturated rings. The summed E-state index contributed by atoms with van der Waals surface area (Å²) >= 11 is 9.49. The Morgan fingerprint density at radius 3 is 2.57 bits per heavy atom. The molecule has 1 aromatic carbocycles. The summed E-state index contributed by atoms with van der Waals surface area (Å²) in [6.45, 7) is 2.79. The van der Waals surface area contributed by atoms with Crippen molar-refractivity contribution in [3.05, 3.63) is 64.0 Å². The van der Waals surface area contributed by atoms with E-state index in [4.69, 9.17) is 16.6 Å². The van der Waals surface area contributed by atoms with Crippen molar-refractivity contribution in [2.75, 3.05) is 6.54 Å². The van der Waals surface area contributed by atoms with Crippen molar-refractivity contribution >= 4 is 41.0 Å². The van der Waals surface area contributed by atoms with Gasteiger partial charge in [0.2, 0.25) is 0 Å². The first-order chi connectivity index (χ1) is 13.7. The molecule has 0 spiro atoms. The number of nitrogens with one attached hydrogen (secondary N) is 1. The van der Waals surface area contributed by atoms with Gasteiger partial charge in [-0.05, 0) is 41.0 Å². The number of benzene rings is 1. The van der Waals surface area contributed by atoms with E-state index in [0.717, 1.165) is 35.2 Å². The molecule has 0 bridgehead atoms. The quantitative estimate of drug-likeness (QED) is 0.460. The summed E-state index contributed by atoms with van der Waals surface area (Å²) in [5.41, 5.74) is 4.72. The molecule has 0 aromatic heterocycles. The van der Waals surface area contributed by atoms with Crippen molar-refractivity contribution in [1.29, 1.82) is 0 Å². The van der Waals surface area contributed by atoms with Crippen LogP contribution in [0.15, 0.2) is 63.2 Å². The number of carbonyl (C=O) groups excluding carboxylic acids is 1. The maximum Gasteiger partial charge on any atom is 0.252 e.